The molecular formula is C36H47N5O5. The molecular weight excluding hydrogens is 582 g/mol. The first-order valence-corrected chi connectivity index (χ1v) is 16.3. The van der Waals surface area contributed by atoms with Crippen LogP contribution in [0, 0.1) is 0 Å². The highest BCUT2D eigenvalue weighted by Gasteiger charge is 2.06. The van der Waals surface area contributed by atoms with Crippen molar-refractivity contribution in [3.63, 3.8) is 0 Å². The van der Waals surface area contributed by atoms with Crippen LogP contribution in [-0.4, -0.2) is 44.8 Å². The van der Waals surface area contributed by atoms with Gasteiger partial charge in [-0.1, -0.05) is 33.1 Å². The maximum Gasteiger partial charge on any atom is 0.305 e. The van der Waals surface area contributed by atoms with Crippen molar-refractivity contribution in [2.24, 2.45) is 20.5 Å². The molecule has 0 N–H and O–H groups in total. The number of ether oxygens (including phenoxy) is 3. The summed E-state index contributed by atoms with van der Waals surface area (Å²) in [5, 5.41) is 17.3. The number of nitrogens with zero attached hydrogens (tertiary/aromatic N) is 5. The fourth-order valence-corrected chi connectivity index (χ4v) is 4.38. The fourth-order valence-electron chi connectivity index (χ4n) is 4.38. The summed E-state index contributed by atoms with van der Waals surface area (Å²) in [4.78, 5) is 24.9. The number of likely N-dealkylation sites (N-methyl/N-ethyl adjacent to an activating group) is 1. The van der Waals surface area contributed by atoms with E-state index in [1.165, 1.54) is 0 Å². The van der Waals surface area contributed by atoms with Crippen LogP contribution in [0.1, 0.15) is 72.1 Å². The maximum absolute atomic E-state index is 11.4. The molecule has 0 saturated carbocycles. The minimum Gasteiger partial charge on any atom is -0.494 e. The first kappa shape index (κ1) is 35.9. The predicted molar refractivity (Wildman–Crippen MR) is 181 cm³/mol. The number of azo groups is 2. The number of carbonyl (C=O) groups is 2. The Morgan fingerprint density at radius 1 is 0.587 bits per heavy atom. The number of unbranched alkanes of at least 4 members (excludes halogenated alkanes) is 4. The average Bonchev–Trinajstić information content (AvgIpc) is 3.09. The van der Waals surface area contributed by atoms with E-state index < -0.39 is 0 Å². The minimum absolute atomic E-state index is 0.0949. The minimum atomic E-state index is -0.185. The maximum atomic E-state index is 11.4. The molecule has 246 valence electrons. The molecule has 10 nitrogen and oxygen atoms in total. The molecule has 0 radical (unpaired) electrons. The Kier molecular flexibility index (Phi) is 16.5. The Morgan fingerprint density at radius 2 is 1.07 bits per heavy atom. The van der Waals surface area contributed by atoms with Crippen molar-refractivity contribution >= 4 is 40.4 Å². The highest BCUT2D eigenvalue weighted by atomic mass is 16.5. The Bertz CT molecular complexity index is 1360. The normalized spacial score (nSPS) is 11.2. The van der Waals surface area contributed by atoms with Crippen molar-refractivity contribution in [3.05, 3.63) is 72.8 Å². The van der Waals surface area contributed by atoms with Gasteiger partial charge in [-0.2, -0.15) is 20.5 Å². The molecule has 0 atom stereocenters. The molecule has 0 unspecified atom stereocenters. The van der Waals surface area contributed by atoms with Crippen LogP contribution in [-0.2, 0) is 19.1 Å². The molecule has 0 spiro atoms. The van der Waals surface area contributed by atoms with Gasteiger partial charge < -0.3 is 19.1 Å². The molecule has 3 rings (SSSR count). The second kappa shape index (κ2) is 21.2. The molecule has 0 aliphatic rings. The van der Waals surface area contributed by atoms with Crippen molar-refractivity contribution in [3.8, 4) is 5.75 Å². The summed E-state index contributed by atoms with van der Waals surface area (Å²) in [6.07, 6.45) is 6.86. The number of rotatable bonds is 21. The van der Waals surface area contributed by atoms with E-state index >= 15 is 0 Å². The summed E-state index contributed by atoms with van der Waals surface area (Å²) in [5.41, 5.74) is 3.95. The van der Waals surface area contributed by atoms with Gasteiger partial charge in [0.05, 0.1) is 42.5 Å². The molecule has 0 aliphatic heterocycles. The third kappa shape index (κ3) is 14.0. The van der Waals surface area contributed by atoms with Gasteiger partial charge in [0.15, 0.2) is 0 Å². The molecule has 0 bridgehead atoms. The van der Waals surface area contributed by atoms with Gasteiger partial charge in [0, 0.05) is 25.1 Å². The summed E-state index contributed by atoms with van der Waals surface area (Å²) in [7, 11) is 0. The summed E-state index contributed by atoms with van der Waals surface area (Å²) in [6, 6.07) is 22.8. The molecule has 3 aromatic carbocycles. The molecule has 0 fully saturated rings. The number of benzene rings is 3. The highest BCUT2D eigenvalue weighted by molar-refractivity contribution is 5.69. The molecule has 0 aliphatic carbocycles. The van der Waals surface area contributed by atoms with Crippen LogP contribution in [0.5, 0.6) is 5.75 Å². The lowest BCUT2D eigenvalue weighted by Gasteiger charge is -2.22. The quantitative estimate of drug-likeness (QED) is 0.0658. The molecule has 0 heterocycles. The third-order valence-electron chi connectivity index (χ3n) is 7.03. The lowest BCUT2D eigenvalue weighted by molar-refractivity contribution is -0.144. The summed E-state index contributed by atoms with van der Waals surface area (Å²) in [5.74, 6) is 0.529. The second-order valence-electron chi connectivity index (χ2n) is 10.7. The van der Waals surface area contributed by atoms with Crippen LogP contribution in [0.15, 0.2) is 93.3 Å². The zero-order valence-electron chi connectivity index (χ0n) is 27.4. The van der Waals surface area contributed by atoms with E-state index in [0.717, 1.165) is 67.9 Å². The van der Waals surface area contributed by atoms with Crippen LogP contribution in [0.3, 0.4) is 0 Å². The number of hydrogen-bond donors (Lipinski definition) is 0. The van der Waals surface area contributed by atoms with Gasteiger partial charge in [0.1, 0.15) is 12.4 Å². The topological polar surface area (TPSA) is 115 Å². The Balaban J connectivity index is 1.35. The molecule has 3 aromatic rings. The fraction of sp³-hybridized carbons (Fsp3) is 0.444. The second-order valence-corrected chi connectivity index (χ2v) is 10.7. The van der Waals surface area contributed by atoms with Gasteiger partial charge in [-0.25, -0.2) is 0 Å². The number of anilines is 1. The molecule has 0 aromatic heterocycles. The molecule has 0 amide bonds. The van der Waals surface area contributed by atoms with Crippen molar-refractivity contribution in [1.29, 1.82) is 0 Å². The van der Waals surface area contributed by atoms with Gasteiger partial charge in [-0.15, -0.1) is 0 Å². The zero-order chi connectivity index (χ0) is 32.8. The largest absolute Gasteiger partial charge is 0.494 e. The molecule has 46 heavy (non-hydrogen) atoms. The van der Waals surface area contributed by atoms with Crippen molar-refractivity contribution in [1.82, 2.24) is 0 Å². The van der Waals surface area contributed by atoms with Gasteiger partial charge in [0.2, 0.25) is 0 Å². The zero-order valence-corrected chi connectivity index (χ0v) is 27.4. The average molecular weight is 630 g/mol. The van der Waals surface area contributed by atoms with E-state index in [2.05, 4.69) is 32.3 Å². The number of hydrogen-bond acceptors (Lipinski definition) is 10. The van der Waals surface area contributed by atoms with Gasteiger partial charge in [0.25, 0.3) is 0 Å². The third-order valence-corrected chi connectivity index (χ3v) is 7.03. The van der Waals surface area contributed by atoms with Crippen molar-refractivity contribution in [2.75, 3.05) is 37.8 Å². The van der Waals surface area contributed by atoms with E-state index in [9.17, 15) is 9.59 Å². The van der Waals surface area contributed by atoms with Gasteiger partial charge in [-0.05, 0) is 99.0 Å². The monoisotopic (exact) mass is 629 g/mol. The van der Waals surface area contributed by atoms with Crippen LogP contribution in [0.2, 0.25) is 0 Å². The van der Waals surface area contributed by atoms with E-state index in [1.54, 1.807) is 6.92 Å². The van der Waals surface area contributed by atoms with Crippen LogP contribution >= 0.6 is 0 Å². The summed E-state index contributed by atoms with van der Waals surface area (Å²) in [6.45, 7) is 8.82. The highest BCUT2D eigenvalue weighted by Crippen LogP contribution is 2.26. The number of esters is 2. The number of carbonyl (C=O) groups excluding carboxylic acids is 2. The summed E-state index contributed by atoms with van der Waals surface area (Å²) >= 11 is 0. The van der Waals surface area contributed by atoms with Crippen molar-refractivity contribution in [2.45, 2.75) is 72.1 Å². The first-order valence-electron chi connectivity index (χ1n) is 16.3. The van der Waals surface area contributed by atoms with E-state index in [4.69, 9.17) is 14.2 Å². The molecule has 0 saturated heterocycles. The Morgan fingerprint density at radius 3 is 1.59 bits per heavy atom. The van der Waals surface area contributed by atoms with E-state index in [1.807, 2.05) is 79.7 Å². The van der Waals surface area contributed by atoms with Gasteiger partial charge in [-0.3, -0.25) is 9.59 Å². The summed E-state index contributed by atoms with van der Waals surface area (Å²) < 4.78 is 16.2. The molecule has 10 heteroatoms. The van der Waals surface area contributed by atoms with Gasteiger partial charge >= 0.3 is 11.9 Å². The van der Waals surface area contributed by atoms with Crippen molar-refractivity contribution < 1.29 is 23.8 Å². The van der Waals surface area contributed by atoms with E-state index in [0.29, 0.717) is 50.6 Å². The van der Waals surface area contributed by atoms with Crippen LogP contribution < -0.4 is 9.64 Å². The standard InChI is InChI=1S/C36H47N5O5/c1-4-12-36(43)45-27-11-9-7-8-10-26-44-34-23-19-32(20-24-34)40-38-30-15-13-29(14-16-30)37-39-31-17-21-33(22-18-31)41(6-3)25-28-46-35(42)5-2/h13-24H,4-12,25-28H2,1-3H3. The lowest BCUT2D eigenvalue weighted by atomic mass is 10.1. The van der Waals surface area contributed by atoms with Crippen LogP contribution in [0.25, 0.3) is 0 Å². The van der Waals surface area contributed by atoms with E-state index in [-0.39, 0.29) is 11.9 Å². The SMILES string of the molecule is CCCC(=O)OCCCCCCCOc1ccc(N=Nc2ccc(N=Nc3ccc(N(CC)CCOC(=O)CC)cc3)cc2)cc1. The predicted octanol–water partition coefficient (Wildman–Crippen LogP) is 9.97. The lowest BCUT2D eigenvalue weighted by Crippen LogP contribution is -2.27. The van der Waals surface area contributed by atoms with Crippen LogP contribution in [0.4, 0.5) is 28.4 Å². The Hall–Kier alpha value is -4.60. The Labute approximate surface area is 272 Å². The smallest absolute Gasteiger partial charge is 0.305 e. The first-order chi connectivity index (χ1) is 22.5.